The number of hydrogen-bond acceptors (Lipinski definition) is 4. The van der Waals surface area contributed by atoms with Crippen molar-refractivity contribution in [1.82, 2.24) is 0 Å². The van der Waals surface area contributed by atoms with Crippen LogP contribution in [0.2, 0.25) is 0 Å². The highest BCUT2D eigenvalue weighted by Crippen LogP contribution is 2.09. The van der Waals surface area contributed by atoms with Gasteiger partial charge in [-0.25, -0.2) is 0 Å². The molecule has 0 amide bonds. The minimum Gasteiger partial charge on any atom is -0.460 e. The fourth-order valence-electron chi connectivity index (χ4n) is 0.970. The van der Waals surface area contributed by atoms with Crippen LogP contribution in [0.3, 0.4) is 0 Å². The molecule has 3 unspecified atom stereocenters. The van der Waals surface area contributed by atoms with Crippen LogP contribution in [-0.2, 0) is 19.0 Å². The smallest absolute Gasteiger partial charge is 0.311 e. The summed E-state index contributed by atoms with van der Waals surface area (Å²) in [6.07, 6.45) is -0.337. The Bertz CT molecular complexity index is 170. The Balaban J connectivity index is 3.94. The van der Waals surface area contributed by atoms with E-state index in [-0.39, 0.29) is 24.1 Å². The number of carbonyl (C=O) groups is 1. The highest BCUT2D eigenvalue weighted by Gasteiger charge is 2.22. The Morgan fingerprint density at radius 2 is 1.79 bits per heavy atom. The van der Waals surface area contributed by atoms with Crippen molar-refractivity contribution in [2.75, 3.05) is 20.8 Å². The molecule has 0 aliphatic rings. The molecule has 3 atom stereocenters. The van der Waals surface area contributed by atoms with Gasteiger partial charge in [-0.1, -0.05) is 0 Å². The van der Waals surface area contributed by atoms with E-state index in [1.165, 1.54) is 0 Å². The van der Waals surface area contributed by atoms with Crippen LogP contribution in [0.25, 0.3) is 0 Å². The van der Waals surface area contributed by atoms with Crippen LogP contribution < -0.4 is 0 Å². The molecular weight excluding hydrogens is 184 g/mol. The summed E-state index contributed by atoms with van der Waals surface area (Å²) >= 11 is 0. The summed E-state index contributed by atoms with van der Waals surface area (Å²) < 4.78 is 15.0. The summed E-state index contributed by atoms with van der Waals surface area (Å²) in [7, 11) is 3.15. The Morgan fingerprint density at radius 3 is 2.21 bits per heavy atom. The fourth-order valence-corrected chi connectivity index (χ4v) is 0.970. The average molecular weight is 204 g/mol. The van der Waals surface area contributed by atoms with Crippen molar-refractivity contribution in [3.8, 4) is 0 Å². The molecule has 0 saturated carbocycles. The van der Waals surface area contributed by atoms with Crippen molar-refractivity contribution in [2.24, 2.45) is 5.92 Å². The molecule has 14 heavy (non-hydrogen) atoms. The molecule has 0 aromatic heterocycles. The van der Waals surface area contributed by atoms with Gasteiger partial charge in [0.2, 0.25) is 0 Å². The van der Waals surface area contributed by atoms with Gasteiger partial charge in [0, 0.05) is 14.2 Å². The minimum absolute atomic E-state index is 0.128. The minimum atomic E-state index is -0.251. The highest BCUT2D eigenvalue weighted by atomic mass is 16.6. The number of methoxy groups -OCH3 is 2. The zero-order chi connectivity index (χ0) is 11.1. The molecule has 0 fully saturated rings. The first-order chi connectivity index (χ1) is 6.52. The van der Waals surface area contributed by atoms with Gasteiger partial charge in [-0.05, 0) is 20.8 Å². The summed E-state index contributed by atoms with van der Waals surface area (Å²) in [5.41, 5.74) is 0. The van der Waals surface area contributed by atoms with Crippen molar-refractivity contribution < 1.29 is 19.0 Å². The molecule has 84 valence electrons. The molecule has 0 aliphatic heterocycles. The first-order valence-corrected chi connectivity index (χ1v) is 4.75. The zero-order valence-corrected chi connectivity index (χ0v) is 9.57. The van der Waals surface area contributed by atoms with E-state index >= 15 is 0 Å². The highest BCUT2D eigenvalue weighted by molar-refractivity contribution is 5.72. The predicted octanol–water partition coefficient (Wildman–Crippen LogP) is 1.24. The molecule has 4 heteroatoms. The van der Waals surface area contributed by atoms with Crippen molar-refractivity contribution in [3.05, 3.63) is 0 Å². The van der Waals surface area contributed by atoms with Gasteiger partial charge >= 0.3 is 5.97 Å². The second-order valence-electron chi connectivity index (χ2n) is 3.43. The van der Waals surface area contributed by atoms with E-state index in [0.29, 0.717) is 6.61 Å². The van der Waals surface area contributed by atoms with Crippen LogP contribution in [-0.4, -0.2) is 39.0 Å². The molecule has 0 bridgehead atoms. The summed E-state index contributed by atoms with van der Waals surface area (Å²) in [4.78, 5) is 11.5. The van der Waals surface area contributed by atoms with Gasteiger partial charge in [0.1, 0.15) is 6.10 Å². The molecule has 0 aromatic carbocycles. The zero-order valence-electron chi connectivity index (χ0n) is 9.57. The quantitative estimate of drug-likeness (QED) is 0.610. The lowest BCUT2D eigenvalue weighted by atomic mass is 10.1. The molecule has 0 aromatic rings. The number of rotatable bonds is 6. The number of esters is 1. The fraction of sp³-hybridized carbons (Fsp3) is 0.900. The van der Waals surface area contributed by atoms with Gasteiger partial charge in [0.15, 0.2) is 0 Å². The Morgan fingerprint density at radius 1 is 1.21 bits per heavy atom. The summed E-state index contributed by atoms with van der Waals surface area (Å²) in [6, 6.07) is 0. The third kappa shape index (κ3) is 4.58. The average Bonchev–Trinajstić information content (AvgIpc) is 2.15. The van der Waals surface area contributed by atoms with E-state index in [2.05, 4.69) is 0 Å². The van der Waals surface area contributed by atoms with Crippen LogP contribution in [0.5, 0.6) is 0 Å². The maximum absolute atomic E-state index is 11.5. The normalized spacial score (nSPS) is 17.2. The van der Waals surface area contributed by atoms with E-state index < -0.39 is 0 Å². The second-order valence-corrected chi connectivity index (χ2v) is 3.43. The molecule has 0 saturated heterocycles. The van der Waals surface area contributed by atoms with Crippen LogP contribution in [0.1, 0.15) is 20.8 Å². The lowest BCUT2D eigenvalue weighted by Gasteiger charge is -2.19. The molecule has 0 spiro atoms. The third-order valence-corrected chi connectivity index (χ3v) is 2.17. The van der Waals surface area contributed by atoms with Gasteiger partial charge < -0.3 is 14.2 Å². The second kappa shape index (κ2) is 6.79. The van der Waals surface area contributed by atoms with Crippen LogP contribution in [0, 0.1) is 5.92 Å². The molecule has 0 N–H and O–H groups in total. The van der Waals surface area contributed by atoms with E-state index in [1.807, 2.05) is 6.92 Å². The first kappa shape index (κ1) is 13.4. The third-order valence-electron chi connectivity index (χ3n) is 2.17. The summed E-state index contributed by atoms with van der Waals surface area (Å²) in [5.74, 6) is -0.497. The van der Waals surface area contributed by atoms with Crippen LogP contribution in [0.15, 0.2) is 0 Å². The summed E-state index contributed by atoms with van der Waals surface area (Å²) in [5, 5.41) is 0. The van der Waals surface area contributed by atoms with E-state index in [9.17, 15) is 4.79 Å². The molecular formula is C10H20O4. The Hall–Kier alpha value is -0.610. The van der Waals surface area contributed by atoms with Gasteiger partial charge in [0.25, 0.3) is 0 Å². The van der Waals surface area contributed by atoms with Crippen LogP contribution in [0.4, 0.5) is 0 Å². The number of hydrogen-bond donors (Lipinski definition) is 0. The SMILES string of the molecule is COCC(C)OC(=O)C(C)C(C)OC. The maximum atomic E-state index is 11.5. The lowest BCUT2D eigenvalue weighted by molar-refractivity contribution is -0.159. The predicted molar refractivity (Wildman–Crippen MR) is 53.1 cm³/mol. The molecule has 0 heterocycles. The van der Waals surface area contributed by atoms with Crippen molar-refractivity contribution in [2.45, 2.75) is 33.0 Å². The number of ether oxygens (including phenoxy) is 3. The summed E-state index contributed by atoms with van der Waals surface area (Å²) in [6.45, 7) is 5.84. The van der Waals surface area contributed by atoms with Gasteiger partial charge in [-0.2, -0.15) is 0 Å². The van der Waals surface area contributed by atoms with E-state index in [0.717, 1.165) is 0 Å². The lowest BCUT2D eigenvalue weighted by Crippen LogP contribution is -2.30. The van der Waals surface area contributed by atoms with Crippen molar-refractivity contribution in [3.63, 3.8) is 0 Å². The van der Waals surface area contributed by atoms with Gasteiger partial charge in [-0.3, -0.25) is 4.79 Å². The van der Waals surface area contributed by atoms with Crippen LogP contribution >= 0.6 is 0 Å². The first-order valence-electron chi connectivity index (χ1n) is 4.75. The van der Waals surface area contributed by atoms with Gasteiger partial charge in [0.05, 0.1) is 18.6 Å². The topological polar surface area (TPSA) is 44.8 Å². The Kier molecular flexibility index (Phi) is 6.49. The maximum Gasteiger partial charge on any atom is 0.311 e. The molecule has 0 aliphatic carbocycles. The van der Waals surface area contributed by atoms with E-state index in [4.69, 9.17) is 14.2 Å². The molecule has 0 rings (SSSR count). The standard InChI is InChI=1S/C10H20O4/c1-7(6-12-4)14-10(11)8(2)9(3)13-5/h7-9H,6H2,1-5H3. The largest absolute Gasteiger partial charge is 0.460 e. The number of carbonyl (C=O) groups excluding carboxylic acids is 1. The van der Waals surface area contributed by atoms with Crippen molar-refractivity contribution >= 4 is 5.97 Å². The Labute approximate surface area is 85.5 Å². The molecule has 4 nitrogen and oxygen atoms in total. The van der Waals surface area contributed by atoms with Gasteiger partial charge in [-0.15, -0.1) is 0 Å². The van der Waals surface area contributed by atoms with E-state index in [1.54, 1.807) is 28.1 Å². The monoisotopic (exact) mass is 204 g/mol. The van der Waals surface area contributed by atoms with Crippen molar-refractivity contribution in [1.29, 1.82) is 0 Å². The molecule has 0 radical (unpaired) electrons.